The molecule has 0 unspecified atom stereocenters. The van der Waals surface area contributed by atoms with Crippen molar-refractivity contribution in [2.24, 2.45) is 0 Å². The fraction of sp³-hybridized carbons (Fsp3) is 0.0833. The first kappa shape index (κ1) is 9.03. The molecule has 0 fully saturated rings. The van der Waals surface area contributed by atoms with E-state index in [1.807, 2.05) is 42.5 Å². The lowest BCUT2D eigenvalue weighted by Gasteiger charge is -2.05. The molecule has 0 radical (unpaired) electrons. The van der Waals surface area contributed by atoms with Gasteiger partial charge in [-0.3, -0.25) is 0 Å². The fourth-order valence-electron chi connectivity index (χ4n) is 1.61. The van der Waals surface area contributed by atoms with Gasteiger partial charge in [0.1, 0.15) is 5.75 Å². The van der Waals surface area contributed by atoms with E-state index in [0.717, 1.165) is 23.9 Å². The van der Waals surface area contributed by atoms with Gasteiger partial charge in [0.15, 0.2) is 5.82 Å². The van der Waals surface area contributed by atoms with Gasteiger partial charge in [0.25, 0.3) is 0 Å². The Labute approximate surface area is 93.3 Å². The molecule has 4 nitrogen and oxygen atoms in total. The molecule has 1 aliphatic heterocycles. The summed E-state index contributed by atoms with van der Waals surface area (Å²) < 4.78 is 5.62. The van der Waals surface area contributed by atoms with Crippen molar-refractivity contribution >= 4 is 11.5 Å². The van der Waals surface area contributed by atoms with Gasteiger partial charge in [-0.2, -0.15) is 4.98 Å². The van der Waals surface area contributed by atoms with Crippen molar-refractivity contribution in [3.8, 4) is 11.6 Å². The van der Waals surface area contributed by atoms with Crippen LogP contribution in [0.4, 0.5) is 11.5 Å². The van der Waals surface area contributed by atoms with Gasteiger partial charge in [0, 0.05) is 6.07 Å². The summed E-state index contributed by atoms with van der Waals surface area (Å²) in [5, 5.41) is 6.29. The first-order valence-electron chi connectivity index (χ1n) is 5.13. The minimum Gasteiger partial charge on any atom is -0.439 e. The number of hydrogen-bond donors (Lipinski definition) is 2. The molecule has 16 heavy (non-hydrogen) atoms. The molecule has 80 valence electrons. The molecule has 1 aromatic carbocycles. The molecule has 2 N–H and O–H groups in total. The van der Waals surface area contributed by atoms with Crippen LogP contribution in [0.2, 0.25) is 0 Å². The Morgan fingerprint density at radius 2 is 1.88 bits per heavy atom. The second-order valence-corrected chi connectivity index (χ2v) is 3.49. The van der Waals surface area contributed by atoms with E-state index in [2.05, 4.69) is 15.6 Å². The van der Waals surface area contributed by atoms with Crippen molar-refractivity contribution in [2.45, 2.75) is 0 Å². The Morgan fingerprint density at radius 3 is 2.75 bits per heavy atom. The summed E-state index contributed by atoms with van der Waals surface area (Å²) >= 11 is 0. The van der Waals surface area contributed by atoms with E-state index >= 15 is 0 Å². The van der Waals surface area contributed by atoms with Crippen molar-refractivity contribution in [3.05, 3.63) is 42.5 Å². The number of aromatic nitrogens is 1. The van der Waals surface area contributed by atoms with Crippen LogP contribution in [0.15, 0.2) is 42.5 Å². The van der Waals surface area contributed by atoms with Crippen LogP contribution < -0.4 is 15.4 Å². The van der Waals surface area contributed by atoms with Crippen LogP contribution in [0.5, 0.6) is 11.6 Å². The van der Waals surface area contributed by atoms with Crippen molar-refractivity contribution in [3.63, 3.8) is 0 Å². The molecule has 0 saturated heterocycles. The molecule has 0 saturated carbocycles. The van der Waals surface area contributed by atoms with Crippen molar-refractivity contribution in [1.29, 1.82) is 0 Å². The molecular formula is C12H11N3O. The van der Waals surface area contributed by atoms with E-state index < -0.39 is 0 Å². The molecule has 0 spiro atoms. The SMILES string of the molecule is c1ccc(Oc2ccc3c(n2)NCN3)cc1. The summed E-state index contributed by atoms with van der Waals surface area (Å²) in [6.45, 7) is 0.719. The van der Waals surface area contributed by atoms with Gasteiger partial charge < -0.3 is 15.4 Å². The Balaban J connectivity index is 1.86. The number of ether oxygens (including phenoxy) is 1. The average molecular weight is 213 g/mol. The topological polar surface area (TPSA) is 46.2 Å². The Kier molecular flexibility index (Phi) is 2.11. The van der Waals surface area contributed by atoms with Gasteiger partial charge in [0.05, 0.1) is 12.4 Å². The lowest BCUT2D eigenvalue weighted by Crippen LogP contribution is -1.99. The number of nitrogens with zero attached hydrogens (tertiary/aromatic N) is 1. The van der Waals surface area contributed by atoms with E-state index in [-0.39, 0.29) is 0 Å². The third-order valence-corrected chi connectivity index (χ3v) is 2.37. The zero-order valence-corrected chi connectivity index (χ0v) is 8.60. The van der Waals surface area contributed by atoms with Crippen LogP contribution in [0.25, 0.3) is 0 Å². The summed E-state index contributed by atoms with van der Waals surface area (Å²) in [6, 6.07) is 13.4. The summed E-state index contributed by atoms with van der Waals surface area (Å²) in [6.07, 6.45) is 0. The number of anilines is 2. The molecule has 2 heterocycles. The van der Waals surface area contributed by atoms with Gasteiger partial charge in [-0.05, 0) is 18.2 Å². The fourth-order valence-corrected chi connectivity index (χ4v) is 1.61. The number of fused-ring (bicyclic) bond motifs is 1. The maximum atomic E-state index is 5.62. The Morgan fingerprint density at radius 1 is 1.00 bits per heavy atom. The third-order valence-electron chi connectivity index (χ3n) is 2.37. The lowest BCUT2D eigenvalue weighted by molar-refractivity contribution is 0.464. The van der Waals surface area contributed by atoms with Crippen LogP contribution in [0.1, 0.15) is 0 Å². The predicted molar refractivity (Wildman–Crippen MR) is 62.9 cm³/mol. The second kappa shape index (κ2) is 3.73. The highest BCUT2D eigenvalue weighted by atomic mass is 16.5. The van der Waals surface area contributed by atoms with E-state index in [4.69, 9.17) is 4.74 Å². The summed E-state index contributed by atoms with van der Waals surface area (Å²) in [5.74, 6) is 2.23. The highest BCUT2D eigenvalue weighted by Crippen LogP contribution is 2.28. The standard InChI is InChI=1S/C12H11N3O/c1-2-4-9(5-3-1)16-11-7-6-10-12(15-11)14-8-13-10/h1-7,13H,8H2,(H,14,15). The van der Waals surface area contributed by atoms with Gasteiger partial charge in [-0.15, -0.1) is 0 Å². The molecule has 4 heteroatoms. The van der Waals surface area contributed by atoms with Crippen molar-refractivity contribution < 1.29 is 4.74 Å². The first-order chi connectivity index (χ1) is 7.92. The zero-order chi connectivity index (χ0) is 10.8. The number of pyridine rings is 1. The normalized spacial score (nSPS) is 12.5. The molecule has 0 amide bonds. The highest BCUT2D eigenvalue weighted by molar-refractivity contribution is 5.69. The summed E-state index contributed by atoms with van der Waals surface area (Å²) in [4.78, 5) is 4.35. The van der Waals surface area contributed by atoms with Crippen molar-refractivity contribution in [1.82, 2.24) is 4.98 Å². The van der Waals surface area contributed by atoms with Gasteiger partial charge >= 0.3 is 0 Å². The van der Waals surface area contributed by atoms with Gasteiger partial charge in [-0.25, -0.2) is 0 Å². The Bertz CT molecular complexity index is 499. The number of nitrogens with one attached hydrogen (secondary N) is 2. The van der Waals surface area contributed by atoms with Crippen LogP contribution >= 0.6 is 0 Å². The second-order valence-electron chi connectivity index (χ2n) is 3.49. The number of benzene rings is 1. The molecule has 0 atom stereocenters. The zero-order valence-electron chi connectivity index (χ0n) is 8.60. The van der Waals surface area contributed by atoms with E-state index in [0.29, 0.717) is 5.88 Å². The minimum atomic E-state index is 0.598. The third kappa shape index (κ3) is 1.65. The molecule has 0 aliphatic carbocycles. The quantitative estimate of drug-likeness (QED) is 0.805. The maximum Gasteiger partial charge on any atom is 0.221 e. The molecule has 2 aromatic rings. The number of rotatable bonds is 2. The van der Waals surface area contributed by atoms with Crippen LogP contribution in [0, 0.1) is 0 Å². The van der Waals surface area contributed by atoms with E-state index in [1.165, 1.54) is 0 Å². The average Bonchev–Trinajstić information content (AvgIpc) is 2.77. The highest BCUT2D eigenvalue weighted by Gasteiger charge is 2.11. The largest absolute Gasteiger partial charge is 0.439 e. The molecular weight excluding hydrogens is 202 g/mol. The number of hydrogen-bond acceptors (Lipinski definition) is 4. The van der Waals surface area contributed by atoms with Gasteiger partial charge in [0.2, 0.25) is 5.88 Å². The smallest absolute Gasteiger partial charge is 0.221 e. The summed E-state index contributed by atoms with van der Waals surface area (Å²) in [5.41, 5.74) is 1.01. The summed E-state index contributed by atoms with van der Waals surface area (Å²) in [7, 11) is 0. The molecule has 1 aliphatic rings. The van der Waals surface area contributed by atoms with Crippen LogP contribution in [0.3, 0.4) is 0 Å². The monoisotopic (exact) mass is 213 g/mol. The Hall–Kier alpha value is -2.23. The van der Waals surface area contributed by atoms with Crippen molar-refractivity contribution in [2.75, 3.05) is 17.3 Å². The maximum absolute atomic E-state index is 5.62. The minimum absolute atomic E-state index is 0.598. The first-order valence-corrected chi connectivity index (χ1v) is 5.13. The number of para-hydroxylation sites is 1. The van der Waals surface area contributed by atoms with E-state index in [9.17, 15) is 0 Å². The lowest BCUT2D eigenvalue weighted by atomic mass is 10.3. The van der Waals surface area contributed by atoms with E-state index in [1.54, 1.807) is 0 Å². The predicted octanol–water partition coefficient (Wildman–Crippen LogP) is 2.67. The molecule has 3 rings (SSSR count). The molecule has 1 aromatic heterocycles. The molecule has 0 bridgehead atoms. The van der Waals surface area contributed by atoms with Gasteiger partial charge in [-0.1, -0.05) is 18.2 Å². The van der Waals surface area contributed by atoms with Crippen LogP contribution in [-0.2, 0) is 0 Å². The van der Waals surface area contributed by atoms with Crippen LogP contribution in [-0.4, -0.2) is 11.7 Å².